The largest absolute Gasteiger partial charge is 0.388 e. The first-order valence-electron chi connectivity index (χ1n) is 10.6. The van der Waals surface area contributed by atoms with Crippen molar-refractivity contribution in [1.82, 2.24) is 24.9 Å². The maximum absolute atomic E-state index is 12.7. The van der Waals surface area contributed by atoms with Crippen LogP contribution in [0.15, 0.2) is 0 Å². The molecule has 3 rings (SSSR count). The number of piperazine rings is 1. The molecule has 0 saturated carbocycles. The minimum atomic E-state index is -0.914. The summed E-state index contributed by atoms with van der Waals surface area (Å²) < 4.78 is 0. The van der Waals surface area contributed by atoms with Crippen LogP contribution in [0.25, 0.3) is 0 Å². The fraction of sp³-hybridized carbons (Fsp3) is 0.850. The first kappa shape index (κ1) is 22.0. The number of rotatable bonds is 5. The summed E-state index contributed by atoms with van der Waals surface area (Å²) in [6.45, 7) is 9.13. The van der Waals surface area contributed by atoms with Gasteiger partial charge in [0.1, 0.15) is 5.54 Å². The smallest absolute Gasteiger partial charge is 0.325 e. The zero-order valence-electron chi connectivity index (χ0n) is 17.9. The second-order valence-corrected chi connectivity index (χ2v) is 9.30. The Balaban J connectivity index is 1.48. The van der Waals surface area contributed by atoms with Crippen molar-refractivity contribution in [3.05, 3.63) is 0 Å². The van der Waals surface area contributed by atoms with Gasteiger partial charge in [-0.15, -0.1) is 0 Å². The summed E-state index contributed by atoms with van der Waals surface area (Å²) >= 11 is 0. The van der Waals surface area contributed by atoms with Crippen molar-refractivity contribution >= 4 is 17.8 Å². The lowest BCUT2D eigenvalue weighted by Crippen LogP contribution is -2.51. The number of aliphatic hydroxyl groups is 1. The van der Waals surface area contributed by atoms with Crippen LogP contribution in [0, 0.1) is 0 Å². The van der Waals surface area contributed by atoms with Gasteiger partial charge < -0.3 is 20.2 Å². The lowest BCUT2D eigenvalue weighted by molar-refractivity contribution is -0.133. The summed E-state index contributed by atoms with van der Waals surface area (Å²) in [5.41, 5.74) is -1.68. The molecule has 0 bridgehead atoms. The normalized spacial score (nSPS) is 29.1. The summed E-state index contributed by atoms with van der Waals surface area (Å²) in [5.74, 6) is -0.369. The van der Waals surface area contributed by atoms with E-state index in [9.17, 15) is 19.5 Å². The molecule has 0 spiro atoms. The minimum absolute atomic E-state index is 0.0702. The summed E-state index contributed by atoms with van der Waals surface area (Å²) in [7, 11) is 2.11. The maximum atomic E-state index is 12.7. The van der Waals surface area contributed by atoms with Crippen LogP contribution in [-0.2, 0) is 9.59 Å². The third kappa shape index (κ3) is 5.26. The van der Waals surface area contributed by atoms with Gasteiger partial charge >= 0.3 is 6.03 Å². The molecule has 0 aliphatic carbocycles. The molecule has 1 atom stereocenters. The van der Waals surface area contributed by atoms with Gasteiger partial charge in [0.15, 0.2) is 0 Å². The predicted octanol–water partition coefficient (Wildman–Crippen LogP) is -0.302. The van der Waals surface area contributed by atoms with E-state index < -0.39 is 17.2 Å². The minimum Gasteiger partial charge on any atom is -0.388 e. The number of urea groups is 1. The second kappa shape index (κ2) is 8.57. The number of likely N-dealkylation sites (tertiary alicyclic amines) is 1. The summed E-state index contributed by atoms with van der Waals surface area (Å²) in [6.07, 6.45) is 2.11. The van der Waals surface area contributed by atoms with E-state index in [1.165, 1.54) is 0 Å². The van der Waals surface area contributed by atoms with Crippen molar-refractivity contribution in [1.29, 1.82) is 0 Å². The fourth-order valence-electron chi connectivity index (χ4n) is 4.40. The van der Waals surface area contributed by atoms with Crippen LogP contribution in [0.4, 0.5) is 4.79 Å². The van der Waals surface area contributed by atoms with Crippen LogP contribution >= 0.6 is 0 Å². The monoisotopic (exact) mass is 409 g/mol. The van der Waals surface area contributed by atoms with Gasteiger partial charge in [0, 0.05) is 58.8 Å². The Bertz CT molecular complexity index is 647. The Hall–Kier alpha value is -1.71. The molecule has 164 valence electrons. The van der Waals surface area contributed by atoms with E-state index in [2.05, 4.69) is 22.2 Å². The molecule has 3 heterocycles. The molecule has 29 heavy (non-hydrogen) atoms. The maximum Gasteiger partial charge on any atom is 0.325 e. The number of hydrogen-bond donors (Lipinski definition) is 2. The van der Waals surface area contributed by atoms with Crippen LogP contribution in [0.2, 0.25) is 0 Å². The van der Waals surface area contributed by atoms with Crippen molar-refractivity contribution in [3.8, 4) is 0 Å². The van der Waals surface area contributed by atoms with Crippen LogP contribution in [0.5, 0.6) is 0 Å². The van der Waals surface area contributed by atoms with Crippen molar-refractivity contribution in [2.75, 3.05) is 59.4 Å². The van der Waals surface area contributed by atoms with E-state index in [-0.39, 0.29) is 24.8 Å². The van der Waals surface area contributed by atoms with E-state index in [4.69, 9.17) is 0 Å². The van der Waals surface area contributed by atoms with E-state index in [0.717, 1.165) is 37.5 Å². The SMILES string of the molecule is CN1CCN(C[C@]2(O)CCCN(C(=O)CCN3C(=O)NC(C)(C)C3=O)CC2)CC1. The first-order valence-corrected chi connectivity index (χ1v) is 10.6. The Morgan fingerprint density at radius 3 is 2.38 bits per heavy atom. The molecule has 3 aliphatic heterocycles. The topological polar surface area (TPSA) is 96.4 Å². The van der Waals surface area contributed by atoms with E-state index in [0.29, 0.717) is 32.5 Å². The highest BCUT2D eigenvalue weighted by Gasteiger charge is 2.44. The molecule has 3 aliphatic rings. The van der Waals surface area contributed by atoms with Crippen LogP contribution < -0.4 is 5.32 Å². The molecule has 0 aromatic carbocycles. The van der Waals surface area contributed by atoms with Gasteiger partial charge in [-0.05, 0) is 40.2 Å². The van der Waals surface area contributed by atoms with Gasteiger partial charge in [0.05, 0.1) is 5.60 Å². The lowest BCUT2D eigenvalue weighted by Gasteiger charge is -2.38. The second-order valence-electron chi connectivity index (χ2n) is 9.30. The Morgan fingerprint density at radius 1 is 1.07 bits per heavy atom. The molecule has 9 heteroatoms. The molecule has 9 nitrogen and oxygen atoms in total. The number of likely N-dealkylation sites (N-methyl/N-ethyl adjacent to an activating group) is 1. The first-order chi connectivity index (χ1) is 13.6. The number of carbonyl (C=O) groups is 3. The summed E-state index contributed by atoms with van der Waals surface area (Å²) in [5, 5.41) is 13.7. The molecule has 0 radical (unpaired) electrons. The highest BCUT2D eigenvalue weighted by atomic mass is 16.3. The fourth-order valence-corrected chi connectivity index (χ4v) is 4.40. The van der Waals surface area contributed by atoms with E-state index >= 15 is 0 Å². The molecule has 0 unspecified atom stereocenters. The van der Waals surface area contributed by atoms with Crippen molar-refractivity contribution in [2.24, 2.45) is 0 Å². The number of imide groups is 1. The number of nitrogens with zero attached hydrogens (tertiary/aromatic N) is 4. The quantitative estimate of drug-likeness (QED) is 0.605. The average Bonchev–Trinajstić information content (AvgIpc) is 2.78. The molecule has 2 N–H and O–H groups in total. The Morgan fingerprint density at radius 2 is 1.76 bits per heavy atom. The summed E-state index contributed by atoms with van der Waals surface area (Å²) in [4.78, 5) is 44.4. The van der Waals surface area contributed by atoms with Gasteiger partial charge in [0.25, 0.3) is 5.91 Å². The van der Waals surface area contributed by atoms with Crippen molar-refractivity contribution in [3.63, 3.8) is 0 Å². The lowest BCUT2D eigenvalue weighted by atomic mass is 9.94. The molecule has 3 fully saturated rings. The number of amides is 4. The predicted molar refractivity (Wildman–Crippen MR) is 108 cm³/mol. The van der Waals surface area contributed by atoms with Crippen LogP contribution in [-0.4, -0.2) is 113 Å². The van der Waals surface area contributed by atoms with Crippen LogP contribution in [0.1, 0.15) is 39.5 Å². The molecule has 0 aromatic rings. The van der Waals surface area contributed by atoms with E-state index in [1.807, 2.05) is 0 Å². The standard InChI is InChI=1S/C20H35N5O4/c1-19(2)17(27)25(18(28)21-19)9-5-16(26)24-8-4-6-20(29,7-10-24)15-23-13-11-22(3)12-14-23/h29H,4-15H2,1-3H3,(H,21,28)/t20-/m0/s1. The Labute approximate surface area is 173 Å². The molecule has 0 aromatic heterocycles. The highest BCUT2D eigenvalue weighted by molar-refractivity contribution is 6.06. The Kier molecular flexibility index (Phi) is 6.50. The summed E-state index contributed by atoms with van der Waals surface area (Å²) in [6, 6.07) is -0.440. The number of nitrogens with one attached hydrogen (secondary N) is 1. The number of carbonyl (C=O) groups excluding carboxylic acids is 3. The van der Waals surface area contributed by atoms with Crippen LogP contribution in [0.3, 0.4) is 0 Å². The van der Waals surface area contributed by atoms with Gasteiger partial charge in [-0.25, -0.2) is 4.79 Å². The molecule has 4 amide bonds. The van der Waals surface area contributed by atoms with Gasteiger partial charge in [-0.3, -0.25) is 19.4 Å². The molecular weight excluding hydrogens is 374 g/mol. The van der Waals surface area contributed by atoms with Crippen molar-refractivity contribution in [2.45, 2.75) is 50.7 Å². The number of hydrogen-bond acceptors (Lipinski definition) is 6. The van der Waals surface area contributed by atoms with Crippen molar-refractivity contribution < 1.29 is 19.5 Å². The third-order valence-corrected chi connectivity index (χ3v) is 6.38. The van der Waals surface area contributed by atoms with Gasteiger partial charge in [0.2, 0.25) is 5.91 Å². The highest BCUT2D eigenvalue weighted by Crippen LogP contribution is 2.25. The average molecular weight is 410 g/mol. The molecular formula is C20H35N5O4. The zero-order valence-corrected chi connectivity index (χ0v) is 17.9. The van der Waals surface area contributed by atoms with Gasteiger partial charge in [-0.2, -0.15) is 0 Å². The van der Waals surface area contributed by atoms with E-state index in [1.54, 1.807) is 18.7 Å². The number of β-amino-alcohol motifs (C(OH)–C–C–N with tert-alkyl or cyclic N) is 1. The zero-order chi connectivity index (χ0) is 21.2. The third-order valence-electron chi connectivity index (χ3n) is 6.38. The van der Waals surface area contributed by atoms with Gasteiger partial charge in [-0.1, -0.05) is 0 Å². The molecule has 3 saturated heterocycles.